The summed E-state index contributed by atoms with van der Waals surface area (Å²) in [5.41, 5.74) is 2.68. The SMILES string of the molecule is CC.CC1Cc2ccccc2CN1C#N. The Balaban J connectivity index is 0.000000531. The van der Waals surface area contributed by atoms with E-state index in [0.717, 1.165) is 13.0 Å². The fourth-order valence-corrected chi connectivity index (χ4v) is 1.81. The second kappa shape index (κ2) is 5.41. The molecule has 0 N–H and O–H groups in total. The monoisotopic (exact) mass is 202 g/mol. The molecule has 2 rings (SSSR count). The van der Waals surface area contributed by atoms with E-state index >= 15 is 0 Å². The third-order valence-corrected chi connectivity index (χ3v) is 2.63. The Morgan fingerprint density at radius 3 is 2.47 bits per heavy atom. The van der Waals surface area contributed by atoms with Gasteiger partial charge >= 0.3 is 0 Å². The lowest BCUT2D eigenvalue weighted by Crippen LogP contribution is -2.34. The molecular weight excluding hydrogens is 184 g/mol. The minimum atomic E-state index is 0.347. The van der Waals surface area contributed by atoms with Crippen molar-refractivity contribution in [3.8, 4) is 6.19 Å². The van der Waals surface area contributed by atoms with E-state index in [1.54, 1.807) is 0 Å². The molecule has 0 aromatic heterocycles. The van der Waals surface area contributed by atoms with Crippen molar-refractivity contribution in [2.24, 2.45) is 0 Å². The lowest BCUT2D eigenvalue weighted by atomic mass is 9.95. The van der Waals surface area contributed by atoms with E-state index in [0.29, 0.717) is 6.04 Å². The van der Waals surface area contributed by atoms with Crippen LogP contribution in [0.2, 0.25) is 0 Å². The van der Waals surface area contributed by atoms with Crippen LogP contribution in [0, 0.1) is 11.5 Å². The van der Waals surface area contributed by atoms with Crippen LogP contribution in [0.15, 0.2) is 24.3 Å². The molecule has 1 heterocycles. The first-order valence-electron chi connectivity index (χ1n) is 5.54. The maximum Gasteiger partial charge on any atom is 0.179 e. The zero-order valence-electron chi connectivity index (χ0n) is 9.70. The normalized spacial score (nSPS) is 18.3. The topological polar surface area (TPSA) is 27.0 Å². The molecule has 0 spiro atoms. The second-order valence-corrected chi connectivity index (χ2v) is 3.55. The Bertz CT molecular complexity index is 352. The lowest BCUT2D eigenvalue weighted by molar-refractivity contribution is 0.278. The van der Waals surface area contributed by atoms with Crippen LogP contribution in [-0.4, -0.2) is 10.9 Å². The van der Waals surface area contributed by atoms with E-state index in [2.05, 4.69) is 31.3 Å². The molecule has 0 aliphatic carbocycles. The molecule has 0 amide bonds. The third kappa shape index (κ3) is 2.50. The molecule has 1 atom stereocenters. The summed E-state index contributed by atoms with van der Waals surface area (Å²) >= 11 is 0. The minimum absolute atomic E-state index is 0.347. The number of hydrogen-bond donors (Lipinski definition) is 0. The average Bonchev–Trinajstić information content (AvgIpc) is 2.31. The van der Waals surface area contributed by atoms with Gasteiger partial charge in [0.25, 0.3) is 0 Å². The molecule has 1 unspecified atom stereocenters. The number of nitriles is 1. The van der Waals surface area contributed by atoms with Crippen LogP contribution < -0.4 is 0 Å². The van der Waals surface area contributed by atoms with Gasteiger partial charge in [0.2, 0.25) is 0 Å². The molecule has 15 heavy (non-hydrogen) atoms. The average molecular weight is 202 g/mol. The highest BCUT2D eigenvalue weighted by molar-refractivity contribution is 5.30. The summed E-state index contributed by atoms with van der Waals surface area (Å²) in [6.07, 6.45) is 3.22. The van der Waals surface area contributed by atoms with Crippen LogP contribution in [-0.2, 0) is 13.0 Å². The van der Waals surface area contributed by atoms with Crippen molar-refractivity contribution in [1.82, 2.24) is 4.90 Å². The van der Waals surface area contributed by atoms with E-state index in [1.165, 1.54) is 11.1 Å². The van der Waals surface area contributed by atoms with Crippen molar-refractivity contribution < 1.29 is 0 Å². The van der Waals surface area contributed by atoms with Crippen molar-refractivity contribution in [2.75, 3.05) is 0 Å². The first kappa shape index (κ1) is 11.6. The third-order valence-electron chi connectivity index (χ3n) is 2.63. The predicted octanol–water partition coefficient (Wildman–Crippen LogP) is 2.94. The maximum atomic E-state index is 8.86. The van der Waals surface area contributed by atoms with E-state index in [4.69, 9.17) is 5.26 Å². The molecule has 1 aliphatic rings. The molecule has 1 aromatic carbocycles. The molecule has 1 aliphatic heterocycles. The smallest absolute Gasteiger partial charge is 0.179 e. The Morgan fingerprint density at radius 2 is 1.87 bits per heavy atom. The fourth-order valence-electron chi connectivity index (χ4n) is 1.81. The highest BCUT2D eigenvalue weighted by Gasteiger charge is 2.20. The molecular formula is C13H18N2. The highest BCUT2D eigenvalue weighted by atomic mass is 15.1. The van der Waals surface area contributed by atoms with Crippen LogP contribution >= 0.6 is 0 Å². The lowest BCUT2D eigenvalue weighted by Gasteiger charge is -2.30. The summed E-state index contributed by atoms with van der Waals surface area (Å²) in [7, 11) is 0. The Hall–Kier alpha value is -1.49. The molecule has 0 fully saturated rings. The zero-order chi connectivity index (χ0) is 11.3. The number of benzene rings is 1. The summed E-state index contributed by atoms with van der Waals surface area (Å²) in [5, 5.41) is 8.86. The summed E-state index contributed by atoms with van der Waals surface area (Å²) < 4.78 is 0. The number of rotatable bonds is 0. The van der Waals surface area contributed by atoms with Crippen molar-refractivity contribution in [3.05, 3.63) is 35.4 Å². The molecule has 0 bridgehead atoms. The summed E-state index contributed by atoms with van der Waals surface area (Å²) in [5.74, 6) is 0. The molecule has 0 saturated heterocycles. The van der Waals surface area contributed by atoms with Crippen LogP contribution in [0.4, 0.5) is 0 Å². The Labute approximate surface area is 92.1 Å². The second-order valence-electron chi connectivity index (χ2n) is 3.55. The molecule has 80 valence electrons. The predicted molar refractivity (Wildman–Crippen MR) is 62.1 cm³/mol. The van der Waals surface area contributed by atoms with Crippen molar-refractivity contribution in [3.63, 3.8) is 0 Å². The quantitative estimate of drug-likeness (QED) is 0.605. The van der Waals surface area contributed by atoms with Gasteiger partial charge in [-0.2, -0.15) is 5.26 Å². The van der Waals surface area contributed by atoms with Gasteiger partial charge in [-0.3, -0.25) is 0 Å². The first-order valence-corrected chi connectivity index (χ1v) is 5.54. The van der Waals surface area contributed by atoms with Crippen molar-refractivity contribution >= 4 is 0 Å². The van der Waals surface area contributed by atoms with Crippen molar-refractivity contribution in [1.29, 1.82) is 5.26 Å². The molecule has 0 saturated carbocycles. The maximum absolute atomic E-state index is 8.86. The van der Waals surface area contributed by atoms with Crippen molar-refractivity contribution in [2.45, 2.75) is 39.8 Å². The summed E-state index contributed by atoms with van der Waals surface area (Å²) in [4.78, 5) is 1.84. The van der Waals surface area contributed by atoms with Gasteiger partial charge in [0.05, 0.1) is 6.54 Å². The van der Waals surface area contributed by atoms with Gasteiger partial charge in [0.1, 0.15) is 0 Å². The van der Waals surface area contributed by atoms with Crippen LogP contribution in [0.5, 0.6) is 0 Å². The standard InChI is InChI=1S/C11H12N2.C2H6/c1-9-6-10-4-2-3-5-11(10)7-13(9)8-12;1-2/h2-5,9H,6-7H2,1H3;1-2H3. The van der Waals surface area contributed by atoms with Crippen LogP contribution in [0.3, 0.4) is 0 Å². The van der Waals surface area contributed by atoms with Gasteiger partial charge in [-0.15, -0.1) is 0 Å². The number of nitrogens with zero attached hydrogens (tertiary/aromatic N) is 2. The van der Waals surface area contributed by atoms with Gasteiger partial charge in [0.15, 0.2) is 6.19 Å². The first-order chi connectivity index (χ1) is 7.31. The van der Waals surface area contributed by atoms with E-state index < -0.39 is 0 Å². The highest BCUT2D eigenvalue weighted by Crippen LogP contribution is 2.21. The Morgan fingerprint density at radius 1 is 1.27 bits per heavy atom. The summed E-state index contributed by atoms with van der Waals surface area (Å²) in [6, 6.07) is 8.70. The van der Waals surface area contributed by atoms with Gasteiger partial charge in [0, 0.05) is 6.04 Å². The van der Waals surface area contributed by atoms with Gasteiger partial charge in [-0.05, 0) is 24.5 Å². The van der Waals surface area contributed by atoms with Crippen LogP contribution in [0.1, 0.15) is 31.9 Å². The van der Waals surface area contributed by atoms with Crippen LogP contribution in [0.25, 0.3) is 0 Å². The van der Waals surface area contributed by atoms with Gasteiger partial charge in [-0.25, -0.2) is 0 Å². The fraction of sp³-hybridized carbons (Fsp3) is 0.462. The van der Waals surface area contributed by atoms with E-state index in [9.17, 15) is 0 Å². The summed E-state index contributed by atoms with van der Waals surface area (Å²) in [6.45, 7) is 6.87. The molecule has 2 heteroatoms. The Kier molecular flexibility index (Phi) is 4.17. The van der Waals surface area contributed by atoms with E-state index in [1.807, 2.05) is 24.8 Å². The zero-order valence-corrected chi connectivity index (χ0v) is 9.70. The largest absolute Gasteiger partial charge is 0.303 e. The molecule has 2 nitrogen and oxygen atoms in total. The molecule has 1 aromatic rings. The number of hydrogen-bond acceptors (Lipinski definition) is 2. The number of fused-ring (bicyclic) bond motifs is 1. The minimum Gasteiger partial charge on any atom is -0.303 e. The van der Waals surface area contributed by atoms with E-state index in [-0.39, 0.29) is 0 Å². The van der Waals surface area contributed by atoms with Gasteiger partial charge in [-0.1, -0.05) is 38.1 Å². The van der Waals surface area contributed by atoms with Gasteiger partial charge < -0.3 is 4.90 Å². The molecule has 0 radical (unpaired) electrons.